The molecule has 1 aliphatic heterocycles. The molecule has 0 bridgehead atoms. The van der Waals surface area contributed by atoms with Crippen molar-refractivity contribution in [3.05, 3.63) is 68.3 Å². The number of rotatable bonds is 3. The van der Waals surface area contributed by atoms with Gasteiger partial charge in [0.1, 0.15) is 0 Å². The Hall–Kier alpha value is -1.40. The molecular weight excluding hydrogens is 363 g/mol. The lowest BCUT2D eigenvalue weighted by atomic mass is 10.1. The maximum Gasteiger partial charge on any atom is 0.252 e. The van der Waals surface area contributed by atoms with Crippen LogP contribution in [-0.4, -0.2) is 5.91 Å². The number of nitrogens with one attached hydrogen (secondary N) is 2. The first-order valence-corrected chi connectivity index (χ1v) is 7.66. The third-order valence-electron chi connectivity index (χ3n) is 3.47. The van der Waals surface area contributed by atoms with E-state index in [0.29, 0.717) is 6.54 Å². The van der Waals surface area contributed by atoms with Crippen LogP contribution in [0.4, 0.5) is 0 Å². The zero-order chi connectivity index (χ0) is 13.9. The van der Waals surface area contributed by atoms with E-state index in [1.165, 1.54) is 11.1 Å². The summed E-state index contributed by atoms with van der Waals surface area (Å²) in [5.74, 6) is -0.0198. The molecule has 1 aliphatic rings. The van der Waals surface area contributed by atoms with Crippen molar-refractivity contribution >= 4 is 28.5 Å². The van der Waals surface area contributed by atoms with Crippen LogP contribution in [0.2, 0.25) is 0 Å². The normalized spacial score (nSPS) is 13.1. The fourth-order valence-electron chi connectivity index (χ4n) is 2.38. The average Bonchev–Trinajstić information content (AvgIpc) is 2.92. The van der Waals surface area contributed by atoms with Crippen LogP contribution in [0.5, 0.6) is 0 Å². The van der Waals surface area contributed by atoms with Gasteiger partial charge in [0.15, 0.2) is 0 Å². The maximum atomic E-state index is 12.1. The molecular formula is C16H15IN2O. The number of amides is 1. The average molecular weight is 378 g/mol. The summed E-state index contributed by atoms with van der Waals surface area (Å²) in [6, 6.07) is 14.0. The molecule has 102 valence electrons. The highest BCUT2D eigenvalue weighted by Gasteiger charge is 2.11. The second-order valence-electron chi connectivity index (χ2n) is 4.87. The number of carbonyl (C=O) groups is 1. The third-order valence-corrected chi connectivity index (χ3v) is 4.41. The van der Waals surface area contributed by atoms with E-state index in [-0.39, 0.29) is 5.91 Å². The summed E-state index contributed by atoms with van der Waals surface area (Å²) in [6.07, 6.45) is 0. The molecule has 0 aliphatic carbocycles. The lowest BCUT2D eigenvalue weighted by Crippen LogP contribution is -2.23. The highest BCUT2D eigenvalue weighted by atomic mass is 127. The molecule has 0 radical (unpaired) electrons. The highest BCUT2D eigenvalue weighted by molar-refractivity contribution is 14.1. The number of fused-ring (bicyclic) bond motifs is 1. The first kappa shape index (κ1) is 13.6. The van der Waals surface area contributed by atoms with E-state index in [4.69, 9.17) is 0 Å². The second kappa shape index (κ2) is 5.93. The summed E-state index contributed by atoms with van der Waals surface area (Å²) >= 11 is 2.18. The minimum Gasteiger partial charge on any atom is -0.348 e. The van der Waals surface area contributed by atoms with Gasteiger partial charge in [0.2, 0.25) is 0 Å². The van der Waals surface area contributed by atoms with Gasteiger partial charge in [-0.2, -0.15) is 0 Å². The Labute approximate surface area is 131 Å². The quantitative estimate of drug-likeness (QED) is 0.807. The first-order chi connectivity index (χ1) is 9.74. The van der Waals surface area contributed by atoms with Gasteiger partial charge in [0, 0.05) is 23.2 Å². The minimum absolute atomic E-state index is 0.0198. The number of hydrogen-bond acceptors (Lipinski definition) is 2. The lowest BCUT2D eigenvalue weighted by Gasteiger charge is -2.08. The van der Waals surface area contributed by atoms with E-state index < -0.39 is 0 Å². The molecule has 0 saturated carbocycles. The van der Waals surface area contributed by atoms with Gasteiger partial charge < -0.3 is 10.6 Å². The molecule has 3 rings (SSSR count). The monoisotopic (exact) mass is 378 g/mol. The minimum atomic E-state index is -0.0198. The summed E-state index contributed by atoms with van der Waals surface area (Å²) in [5.41, 5.74) is 4.58. The van der Waals surface area contributed by atoms with E-state index in [1.54, 1.807) is 0 Å². The molecule has 20 heavy (non-hydrogen) atoms. The summed E-state index contributed by atoms with van der Waals surface area (Å²) in [7, 11) is 0. The van der Waals surface area contributed by atoms with Crippen LogP contribution in [0.1, 0.15) is 27.0 Å². The van der Waals surface area contributed by atoms with Crippen molar-refractivity contribution in [3.63, 3.8) is 0 Å². The van der Waals surface area contributed by atoms with Crippen molar-refractivity contribution in [2.45, 2.75) is 19.6 Å². The van der Waals surface area contributed by atoms with Crippen molar-refractivity contribution in [1.29, 1.82) is 0 Å². The van der Waals surface area contributed by atoms with Crippen LogP contribution in [0.25, 0.3) is 0 Å². The molecule has 3 nitrogen and oxygen atoms in total. The van der Waals surface area contributed by atoms with Crippen LogP contribution < -0.4 is 10.6 Å². The van der Waals surface area contributed by atoms with Gasteiger partial charge >= 0.3 is 0 Å². The topological polar surface area (TPSA) is 41.1 Å². The molecule has 1 heterocycles. The molecule has 0 aromatic heterocycles. The van der Waals surface area contributed by atoms with Gasteiger partial charge in [-0.3, -0.25) is 4.79 Å². The summed E-state index contributed by atoms with van der Waals surface area (Å²) < 4.78 is 0.973. The summed E-state index contributed by atoms with van der Waals surface area (Å²) in [5, 5.41) is 6.31. The highest BCUT2D eigenvalue weighted by Crippen LogP contribution is 2.17. The van der Waals surface area contributed by atoms with Crippen molar-refractivity contribution in [2.24, 2.45) is 0 Å². The van der Waals surface area contributed by atoms with Gasteiger partial charge in [-0.15, -0.1) is 0 Å². The molecule has 0 unspecified atom stereocenters. The van der Waals surface area contributed by atoms with Gasteiger partial charge in [-0.1, -0.05) is 30.3 Å². The molecule has 0 fully saturated rings. The predicted molar refractivity (Wildman–Crippen MR) is 87.3 cm³/mol. The predicted octanol–water partition coefficient (Wildman–Crippen LogP) is 2.82. The zero-order valence-electron chi connectivity index (χ0n) is 10.9. The molecule has 2 N–H and O–H groups in total. The first-order valence-electron chi connectivity index (χ1n) is 6.58. The molecule has 0 atom stereocenters. The molecule has 2 aromatic carbocycles. The maximum absolute atomic E-state index is 12.1. The summed E-state index contributed by atoms with van der Waals surface area (Å²) in [4.78, 5) is 12.1. The largest absolute Gasteiger partial charge is 0.348 e. The Balaban J connectivity index is 1.68. The van der Waals surface area contributed by atoms with Gasteiger partial charge in [-0.25, -0.2) is 0 Å². The van der Waals surface area contributed by atoms with Crippen LogP contribution in [0.15, 0.2) is 42.5 Å². The van der Waals surface area contributed by atoms with E-state index in [1.807, 2.05) is 24.3 Å². The number of hydrogen-bond donors (Lipinski definition) is 2. The fraction of sp³-hybridized carbons (Fsp3) is 0.188. The third kappa shape index (κ3) is 2.86. The summed E-state index contributed by atoms with van der Waals surface area (Å²) in [6.45, 7) is 2.44. The zero-order valence-corrected chi connectivity index (χ0v) is 13.1. The number of halogens is 1. The lowest BCUT2D eigenvalue weighted by molar-refractivity contribution is 0.0950. The Morgan fingerprint density at radius 2 is 1.95 bits per heavy atom. The van der Waals surface area contributed by atoms with E-state index in [0.717, 1.165) is 27.8 Å². The Morgan fingerprint density at radius 3 is 2.80 bits per heavy atom. The van der Waals surface area contributed by atoms with Crippen LogP contribution in [0, 0.1) is 3.57 Å². The Bertz CT molecular complexity index is 655. The second-order valence-corrected chi connectivity index (χ2v) is 6.03. The fourth-order valence-corrected chi connectivity index (χ4v) is 3.01. The Morgan fingerprint density at radius 1 is 1.15 bits per heavy atom. The van der Waals surface area contributed by atoms with Crippen molar-refractivity contribution in [2.75, 3.05) is 0 Å². The van der Waals surface area contributed by atoms with Gasteiger partial charge in [0.25, 0.3) is 5.91 Å². The van der Waals surface area contributed by atoms with Crippen molar-refractivity contribution in [3.8, 4) is 0 Å². The SMILES string of the molecule is O=C(NCc1ccc2c(c1)CNC2)c1ccccc1I. The number of carbonyl (C=O) groups excluding carboxylic acids is 1. The molecule has 2 aromatic rings. The molecule has 0 saturated heterocycles. The smallest absolute Gasteiger partial charge is 0.252 e. The van der Waals surface area contributed by atoms with Crippen LogP contribution in [0.3, 0.4) is 0 Å². The van der Waals surface area contributed by atoms with Gasteiger partial charge in [0.05, 0.1) is 5.56 Å². The van der Waals surface area contributed by atoms with E-state index >= 15 is 0 Å². The molecule has 1 amide bonds. The van der Waals surface area contributed by atoms with Crippen molar-refractivity contribution < 1.29 is 4.79 Å². The molecule has 4 heteroatoms. The number of benzene rings is 2. The Kier molecular flexibility index (Phi) is 4.03. The van der Waals surface area contributed by atoms with Crippen LogP contribution in [-0.2, 0) is 19.6 Å². The van der Waals surface area contributed by atoms with Crippen LogP contribution >= 0.6 is 22.6 Å². The van der Waals surface area contributed by atoms with E-state index in [9.17, 15) is 4.79 Å². The van der Waals surface area contributed by atoms with Gasteiger partial charge in [-0.05, 0) is 51.4 Å². The molecule has 0 spiro atoms. The standard InChI is InChI=1S/C16H15IN2O/c17-15-4-2-1-3-14(15)16(20)19-8-11-5-6-12-9-18-10-13(12)7-11/h1-7,18H,8-10H2,(H,19,20). The van der Waals surface area contributed by atoms with E-state index in [2.05, 4.69) is 51.4 Å². The van der Waals surface area contributed by atoms with Crippen molar-refractivity contribution in [1.82, 2.24) is 10.6 Å².